The average molecular weight is 470 g/mol. The summed E-state index contributed by atoms with van der Waals surface area (Å²) >= 11 is 7.10. The molecule has 0 unspecified atom stereocenters. The van der Waals surface area contributed by atoms with Crippen LogP contribution in [0, 0.1) is 0 Å². The molecule has 0 aliphatic rings. The van der Waals surface area contributed by atoms with Crippen molar-refractivity contribution in [2.45, 2.75) is 18.6 Å². The van der Waals surface area contributed by atoms with Gasteiger partial charge in [0.2, 0.25) is 5.91 Å². The Morgan fingerprint density at radius 3 is 2.62 bits per heavy atom. The van der Waals surface area contributed by atoms with Crippen molar-refractivity contribution >= 4 is 34.9 Å². The van der Waals surface area contributed by atoms with E-state index in [1.54, 1.807) is 12.1 Å². The number of halogens is 1. The molecule has 0 saturated heterocycles. The number of hydrogen-bond donors (Lipinski definition) is 2. The predicted octanol–water partition coefficient (Wildman–Crippen LogP) is 3.55. The molecule has 8 nitrogen and oxygen atoms in total. The van der Waals surface area contributed by atoms with E-state index in [0.717, 1.165) is 16.9 Å². The standard InChI is InChI=1S/C22H20ClN5O3S/c1-2-31-17-9-5-15(6-10-17)21-25-18-11-19(29)27-28(18)22(26-21)32-13-20(30)24-12-14-3-7-16(23)8-4-14/h3-11H,2,12-13H2,1H3,(H,24,30)(H,27,29). The highest BCUT2D eigenvalue weighted by atomic mass is 35.5. The van der Waals surface area contributed by atoms with Crippen molar-refractivity contribution < 1.29 is 9.53 Å². The van der Waals surface area contributed by atoms with Crippen molar-refractivity contribution in [1.29, 1.82) is 0 Å². The summed E-state index contributed by atoms with van der Waals surface area (Å²) < 4.78 is 6.96. The smallest absolute Gasteiger partial charge is 0.266 e. The Morgan fingerprint density at radius 1 is 1.16 bits per heavy atom. The zero-order valence-corrected chi connectivity index (χ0v) is 18.7. The number of fused-ring (bicyclic) bond motifs is 1. The monoisotopic (exact) mass is 469 g/mol. The van der Waals surface area contributed by atoms with Crippen LogP contribution in [0.1, 0.15) is 12.5 Å². The van der Waals surface area contributed by atoms with Gasteiger partial charge < -0.3 is 10.1 Å². The van der Waals surface area contributed by atoms with Gasteiger partial charge in [0.15, 0.2) is 16.6 Å². The van der Waals surface area contributed by atoms with Crippen molar-refractivity contribution in [1.82, 2.24) is 24.9 Å². The molecule has 32 heavy (non-hydrogen) atoms. The summed E-state index contributed by atoms with van der Waals surface area (Å²) in [7, 11) is 0. The Labute approximate surface area is 193 Å². The van der Waals surface area contributed by atoms with Crippen molar-refractivity contribution in [2.24, 2.45) is 0 Å². The molecule has 1 amide bonds. The van der Waals surface area contributed by atoms with Crippen LogP contribution in [0.5, 0.6) is 5.75 Å². The number of carbonyl (C=O) groups excluding carboxylic acids is 1. The number of amides is 1. The number of aromatic nitrogens is 4. The molecule has 0 bridgehead atoms. The number of H-pyrrole nitrogens is 1. The van der Waals surface area contributed by atoms with E-state index in [1.165, 1.54) is 22.3 Å². The van der Waals surface area contributed by atoms with Crippen molar-refractivity contribution in [2.75, 3.05) is 12.4 Å². The van der Waals surface area contributed by atoms with E-state index in [2.05, 4.69) is 20.4 Å². The minimum Gasteiger partial charge on any atom is -0.494 e. The van der Waals surface area contributed by atoms with E-state index in [4.69, 9.17) is 16.3 Å². The molecule has 0 aliphatic carbocycles. The van der Waals surface area contributed by atoms with E-state index in [-0.39, 0.29) is 17.2 Å². The first-order chi connectivity index (χ1) is 15.5. The summed E-state index contributed by atoms with van der Waals surface area (Å²) in [5.74, 6) is 1.18. The SMILES string of the molecule is CCOc1ccc(-c2nc(SCC(=O)NCc3ccc(Cl)cc3)n3[nH]c(=O)cc3n2)cc1. The molecule has 0 saturated carbocycles. The van der Waals surface area contributed by atoms with Gasteiger partial charge in [-0.3, -0.25) is 14.7 Å². The van der Waals surface area contributed by atoms with E-state index in [0.29, 0.717) is 34.8 Å². The van der Waals surface area contributed by atoms with Gasteiger partial charge in [0.25, 0.3) is 5.56 Å². The van der Waals surface area contributed by atoms with Gasteiger partial charge in [-0.05, 0) is 48.9 Å². The van der Waals surface area contributed by atoms with Crippen molar-refractivity contribution in [3.63, 3.8) is 0 Å². The maximum Gasteiger partial charge on any atom is 0.266 e. The number of nitrogens with one attached hydrogen (secondary N) is 2. The Balaban J connectivity index is 1.50. The number of aromatic amines is 1. The predicted molar refractivity (Wildman–Crippen MR) is 124 cm³/mol. The highest BCUT2D eigenvalue weighted by Gasteiger charge is 2.13. The number of carbonyl (C=O) groups is 1. The normalized spacial score (nSPS) is 10.9. The summed E-state index contributed by atoms with van der Waals surface area (Å²) in [6, 6.07) is 16.1. The zero-order chi connectivity index (χ0) is 22.5. The minimum atomic E-state index is -0.294. The first kappa shape index (κ1) is 21.9. The van der Waals surface area contributed by atoms with Crippen molar-refractivity contribution in [3.8, 4) is 17.1 Å². The fraction of sp³-hybridized carbons (Fsp3) is 0.182. The molecule has 164 valence electrons. The summed E-state index contributed by atoms with van der Waals surface area (Å²) in [4.78, 5) is 33.3. The molecule has 4 rings (SSSR count). The van der Waals surface area contributed by atoms with Crippen LogP contribution in [0.2, 0.25) is 5.02 Å². The van der Waals surface area contributed by atoms with Gasteiger partial charge in [0, 0.05) is 23.2 Å². The Hall–Kier alpha value is -3.30. The lowest BCUT2D eigenvalue weighted by atomic mass is 10.2. The largest absolute Gasteiger partial charge is 0.494 e. The summed E-state index contributed by atoms with van der Waals surface area (Å²) in [6.07, 6.45) is 0. The summed E-state index contributed by atoms with van der Waals surface area (Å²) in [6.45, 7) is 2.90. The van der Waals surface area contributed by atoms with Crippen LogP contribution in [0.25, 0.3) is 17.0 Å². The molecule has 10 heteroatoms. The highest BCUT2D eigenvalue weighted by molar-refractivity contribution is 7.99. The molecule has 0 fully saturated rings. The number of hydrogen-bond acceptors (Lipinski definition) is 6. The van der Waals surface area contributed by atoms with E-state index in [1.807, 2.05) is 43.3 Å². The first-order valence-electron chi connectivity index (χ1n) is 9.89. The summed E-state index contributed by atoms with van der Waals surface area (Å²) in [5.41, 5.74) is 1.86. The zero-order valence-electron chi connectivity index (χ0n) is 17.2. The lowest BCUT2D eigenvalue weighted by molar-refractivity contribution is -0.118. The topological polar surface area (TPSA) is 101 Å². The maximum absolute atomic E-state index is 12.4. The van der Waals surface area contributed by atoms with Crippen LogP contribution in [0.15, 0.2) is 64.5 Å². The molecule has 2 aromatic heterocycles. The number of rotatable bonds is 8. The van der Waals surface area contributed by atoms with Gasteiger partial charge in [-0.15, -0.1) is 0 Å². The Bertz CT molecular complexity index is 1290. The highest BCUT2D eigenvalue weighted by Crippen LogP contribution is 2.23. The van der Waals surface area contributed by atoms with Gasteiger partial charge in [0.05, 0.1) is 12.4 Å². The number of benzene rings is 2. The van der Waals surface area contributed by atoms with Crippen LogP contribution < -0.4 is 15.6 Å². The fourth-order valence-corrected chi connectivity index (χ4v) is 3.87. The first-order valence-corrected chi connectivity index (χ1v) is 11.2. The van der Waals surface area contributed by atoms with Crippen molar-refractivity contribution in [3.05, 3.63) is 75.5 Å². The molecule has 0 radical (unpaired) electrons. The number of nitrogens with zero attached hydrogens (tertiary/aromatic N) is 3. The lowest BCUT2D eigenvalue weighted by Gasteiger charge is -2.09. The lowest BCUT2D eigenvalue weighted by Crippen LogP contribution is -2.24. The Morgan fingerprint density at radius 2 is 1.91 bits per heavy atom. The van der Waals surface area contributed by atoms with Gasteiger partial charge in [0.1, 0.15) is 5.75 Å². The van der Waals surface area contributed by atoms with E-state index in [9.17, 15) is 9.59 Å². The number of ether oxygens (including phenoxy) is 1. The molecule has 4 aromatic rings. The third-order valence-corrected chi connectivity index (χ3v) is 5.67. The average Bonchev–Trinajstić information content (AvgIpc) is 3.18. The van der Waals surface area contributed by atoms with Gasteiger partial charge in [-0.1, -0.05) is 35.5 Å². The van der Waals surface area contributed by atoms with Gasteiger partial charge in [-0.2, -0.15) is 0 Å². The molecule has 0 spiro atoms. The molecule has 2 aromatic carbocycles. The molecular formula is C22H20ClN5O3S. The maximum atomic E-state index is 12.4. The molecule has 0 atom stereocenters. The quantitative estimate of drug-likeness (QED) is 0.383. The molecule has 2 heterocycles. The molecular weight excluding hydrogens is 450 g/mol. The Kier molecular flexibility index (Phi) is 6.77. The summed E-state index contributed by atoms with van der Waals surface area (Å²) in [5, 5.41) is 6.64. The second kappa shape index (κ2) is 9.88. The fourth-order valence-electron chi connectivity index (χ4n) is 2.96. The third kappa shape index (κ3) is 5.30. The number of thioether (sulfide) groups is 1. The van der Waals surface area contributed by atoms with Crippen LogP contribution >= 0.6 is 23.4 Å². The third-order valence-electron chi connectivity index (χ3n) is 4.48. The molecule has 2 N–H and O–H groups in total. The van der Waals surface area contributed by atoms with Crippen LogP contribution in [0.4, 0.5) is 0 Å². The second-order valence-corrected chi connectivity index (χ2v) is 8.17. The minimum absolute atomic E-state index is 0.128. The van der Waals surface area contributed by atoms with Gasteiger partial charge in [-0.25, -0.2) is 14.5 Å². The van der Waals surface area contributed by atoms with Crippen LogP contribution in [0.3, 0.4) is 0 Å². The van der Waals surface area contributed by atoms with Crippen LogP contribution in [-0.2, 0) is 11.3 Å². The molecule has 0 aliphatic heterocycles. The van der Waals surface area contributed by atoms with E-state index < -0.39 is 0 Å². The second-order valence-electron chi connectivity index (χ2n) is 6.79. The van der Waals surface area contributed by atoms with E-state index >= 15 is 0 Å². The van der Waals surface area contributed by atoms with Crippen LogP contribution in [-0.4, -0.2) is 37.8 Å². The van der Waals surface area contributed by atoms with Gasteiger partial charge >= 0.3 is 0 Å².